The standard InChI is InChI=1S/C6H7.Ir/c1-6-4-2-3-5-6;/h2,4H,3H2,1H3;/q-1;. The monoisotopic (exact) mass is 272 g/mol. The molecule has 1 aliphatic carbocycles. The molecule has 1 aliphatic rings. The van der Waals surface area contributed by atoms with Gasteiger partial charge in [0, 0.05) is 20.1 Å². The zero-order chi connectivity index (χ0) is 4.41. The second-order valence-corrected chi connectivity index (χ2v) is 1.47. The Morgan fingerprint density at radius 2 is 2.43 bits per heavy atom. The first-order chi connectivity index (χ1) is 2.89. The molecule has 0 bridgehead atoms. The van der Waals surface area contributed by atoms with E-state index in [4.69, 9.17) is 0 Å². The summed E-state index contributed by atoms with van der Waals surface area (Å²) in [6.45, 7) is 2.06. The first-order valence-electron chi connectivity index (χ1n) is 2.13. The molecule has 0 amide bonds. The summed E-state index contributed by atoms with van der Waals surface area (Å²) in [4.78, 5) is 0. The van der Waals surface area contributed by atoms with Gasteiger partial charge < -0.3 is 0 Å². The van der Waals surface area contributed by atoms with Crippen LogP contribution >= 0.6 is 0 Å². The van der Waals surface area contributed by atoms with E-state index < -0.39 is 0 Å². The van der Waals surface area contributed by atoms with E-state index in [9.17, 15) is 0 Å². The minimum atomic E-state index is 0. The summed E-state index contributed by atoms with van der Waals surface area (Å²) in [5.74, 6) is 0. The molecular weight excluding hydrogens is 264 g/mol. The first kappa shape index (κ1) is 7.13. The van der Waals surface area contributed by atoms with E-state index in [-0.39, 0.29) is 20.1 Å². The van der Waals surface area contributed by atoms with Crippen molar-refractivity contribution in [3.63, 3.8) is 0 Å². The molecule has 0 fully saturated rings. The molecule has 0 nitrogen and oxygen atoms in total. The van der Waals surface area contributed by atoms with Crippen LogP contribution in [0.2, 0.25) is 0 Å². The van der Waals surface area contributed by atoms with Gasteiger partial charge in [-0.25, -0.2) is 11.6 Å². The molecule has 0 N–H and O–H groups in total. The van der Waals surface area contributed by atoms with E-state index in [2.05, 4.69) is 25.2 Å². The second-order valence-electron chi connectivity index (χ2n) is 1.47. The first-order valence-corrected chi connectivity index (χ1v) is 2.13. The molecule has 0 heterocycles. The van der Waals surface area contributed by atoms with Crippen LogP contribution in [-0.2, 0) is 20.1 Å². The van der Waals surface area contributed by atoms with Crippen LogP contribution in [0.15, 0.2) is 17.7 Å². The Kier molecular flexibility index (Phi) is 3.23. The molecule has 0 aromatic carbocycles. The quantitative estimate of drug-likeness (QED) is 0.588. The van der Waals surface area contributed by atoms with Crippen LogP contribution in [0.4, 0.5) is 0 Å². The molecule has 0 saturated carbocycles. The Bertz CT molecular complexity index is 98.0. The van der Waals surface area contributed by atoms with E-state index in [0.29, 0.717) is 0 Å². The van der Waals surface area contributed by atoms with Crippen LogP contribution < -0.4 is 0 Å². The van der Waals surface area contributed by atoms with Crippen molar-refractivity contribution in [2.75, 3.05) is 0 Å². The Balaban J connectivity index is 0.000000360. The van der Waals surface area contributed by atoms with E-state index in [1.54, 1.807) is 0 Å². The Morgan fingerprint density at radius 1 is 1.71 bits per heavy atom. The zero-order valence-electron chi connectivity index (χ0n) is 4.20. The Morgan fingerprint density at radius 3 is 2.57 bits per heavy atom. The number of hydrogen-bond acceptors (Lipinski definition) is 0. The maximum atomic E-state index is 3.12. The maximum absolute atomic E-state index is 3.12. The van der Waals surface area contributed by atoms with Gasteiger partial charge in [0.2, 0.25) is 0 Å². The van der Waals surface area contributed by atoms with Gasteiger partial charge in [-0.05, 0) is 0 Å². The van der Waals surface area contributed by atoms with Crippen molar-refractivity contribution in [1.29, 1.82) is 0 Å². The minimum Gasteiger partial charge on any atom is -0.270 e. The van der Waals surface area contributed by atoms with Crippen molar-refractivity contribution in [3.8, 4) is 0 Å². The van der Waals surface area contributed by atoms with E-state index in [0.717, 1.165) is 6.42 Å². The van der Waals surface area contributed by atoms with E-state index in [1.807, 2.05) is 0 Å². The molecule has 0 aromatic heterocycles. The fourth-order valence-corrected chi connectivity index (χ4v) is 0.515. The van der Waals surface area contributed by atoms with Crippen LogP contribution in [0.1, 0.15) is 13.3 Å². The topological polar surface area (TPSA) is 0 Å². The summed E-state index contributed by atoms with van der Waals surface area (Å²) in [5.41, 5.74) is 1.27. The summed E-state index contributed by atoms with van der Waals surface area (Å²) in [5, 5.41) is 0. The molecule has 0 atom stereocenters. The van der Waals surface area contributed by atoms with Gasteiger partial charge in [0.15, 0.2) is 0 Å². The summed E-state index contributed by atoms with van der Waals surface area (Å²) in [7, 11) is 0. The molecule has 0 unspecified atom stereocenters. The molecule has 7 heavy (non-hydrogen) atoms. The Labute approximate surface area is 57.7 Å². The van der Waals surface area contributed by atoms with Crippen molar-refractivity contribution in [1.82, 2.24) is 0 Å². The smallest absolute Gasteiger partial charge is 0 e. The van der Waals surface area contributed by atoms with Crippen molar-refractivity contribution < 1.29 is 20.1 Å². The number of rotatable bonds is 0. The Hall–Kier alpha value is 0.129. The largest absolute Gasteiger partial charge is 0.270 e. The van der Waals surface area contributed by atoms with Crippen molar-refractivity contribution >= 4 is 0 Å². The van der Waals surface area contributed by atoms with Gasteiger partial charge in [0.25, 0.3) is 0 Å². The average molecular weight is 271 g/mol. The molecule has 1 rings (SSSR count). The molecule has 41 valence electrons. The second kappa shape index (κ2) is 3.17. The fourth-order valence-electron chi connectivity index (χ4n) is 0.515. The summed E-state index contributed by atoms with van der Waals surface area (Å²) in [6.07, 6.45) is 8.33. The molecule has 1 radical (unpaired) electrons. The van der Waals surface area contributed by atoms with E-state index in [1.165, 1.54) is 5.57 Å². The maximum Gasteiger partial charge on any atom is 0 e. The van der Waals surface area contributed by atoms with Gasteiger partial charge in [0.05, 0.1) is 0 Å². The normalized spacial score (nSPS) is 15.9. The van der Waals surface area contributed by atoms with Crippen LogP contribution in [0.5, 0.6) is 0 Å². The zero-order valence-corrected chi connectivity index (χ0v) is 6.59. The van der Waals surface area contributed by atoms with Crippen LogP contribution in [0.3, 0.4) is 0 Å². The molecular formula is C6H7Ir-. The van der Waals surface area contributed by atoms with Gasteiger partial charge in [0.1, 0.15) is 0 Å². The minimum absolute atomic E-state index is 0. The average Bonchev–Trinajstić information content (AvgIpc) is 1.86. The third-order valence-corrected chi connectivity index (χ3v) is 0.867. The predicted octanol–water partition coefficient (Wildman–Crippen LogP) is 1.69. The van der Waals surface area contributed by atoms with Crippen LogP contribution in [0, 0.1) is 6.08 Å². The van der Waals surface area contributed by atoms with Crippen molar-refractivity contribution in [2.45, 2.75) is 13.3 Å². The summed E-state index contributed by atoms with van der Waals surface area (Å²) >= 11 is 0. The number of allylic oxidation sites excluding steroid dienone is 4. The molecule has 0 aromatic rings. The predicted molar refractivity (Wildman–Crippen MR) is 26.2 cm³/mol. The van der Waals surface area contributed by atoms with Crippen molar-refractivity contribution in [2.24, 2.45) is 0 Å². The van der Waals surface area contributed by atoms with Gasteiger partial charge >= 0.3 is 0 Å². The third-order valence-electron chi connectivity index (χ3n) is 0.867. The SMILES string of the molecule is CC1=[C-]CC=C1.[Ir]. The van der Waals surface area contributed by atoms with Gasteiger partial charge in [-0.15, -0.1) is 6.42 Å². The van der Waals surface area contributed by atoms with Gasteiger partial charge in [-0.2, -0.15) is 6.08 Å². The van der Waals surface area contributed by atoms with Gasteiger partial charge in [-0.3, -0.25) is 6.08 Å². The van der Waals surface area contributed by atoms with Crippen LogP contribution in [0.25, 0.3) is 0 Å². The van der Waals surface area contributed by atoms with E-state index >= 15 is 0 Å². The van der Waals surface area contributed by atoms with Gasteiger partial charge in [-0.1, -0.05) is 6.92 Å². The molecule has 0 spiro atoms. The van der Waals surface area contributed by atoms with Crippen molar-refractivity contribution in [3.05, 3.63) is 23.8 Å². The third kappa shape index (κ3) is 2.06. The van der Waals surface area contributed by atoms with Crippen LogP contribution in [-0.4, -0.2) is 0 Å². The fraction of sp³-hybridized carbons (Fsp3) is 0.333. The number of hydrogen-bond donors (Lipinski definition) is 0. The summed E-state index contributed by atoms with van der Waals surface area (Å²) in [6, 6.07) is 0. The summed E-state index contributed by atoms with van der Waals surface area (Å²) < 4.78 is 0. The molecule has 0 saturated heterocycles. The molecule has 0 aliphatic heterocycles. The molecule has 1 heteroatoms.